The molecule has 4 saturated carbocycles. The Bertz CT molecular complexity index is 951. The summed E-state index contributed by atoms with van der Waals surface area (Å²) in [4.78, 5) is 14.0. The molecule has 1 N–H and O–H groups in total. The number of aliphatic hydroxyl groups is 1. The standard InChI is InChI=1S/C35H58O3/c1-9-10-11-22-38-30(37)35-19-14-23(2)24(3)29(35)25-12-13-27-32(6)17-16-28(36)31(4,5)26(32)15-18-34(27,8)33(25,7)20-21-35/h12,23-24,26-29,36H,9-11,13-22H2,1-8H3/t23-,24+,26?,27?,28+,29?,32+,33-,34-,35+/m1/s1. The van der Waals surface area contributed by atoms with Crippen molar-refractivity contribution >= 4 is 5.97 Å². The van der Waals surface area contributed by atoms with Crippen molar-refractivity contribution in [1.29, 1.82) is 0 Å². The molecule has 38 heavy (non-hydrogen) atoms. The molecular weight excluding hydrogens is 468 g/mol. The molecule has 0 aromatic carbocycles. The summed E-state index contributed by atoms with van der Waals surface area (Å²) in [6, 6.07) is 0. The Balaban J connectivity index is 1.53. The highest BCUT2D eigenvalue weighted by atomic mass is 16.5. The molecule has 0 amide bonds. The van der Waals surface area contributed by atoms with Gasteiger partial charge in [0.2, 0.25) is 0 Å². The molecule has 0 heterocycles. The number of rotatable bonds is 5. The third-order valence-electron chi connectivity index (χ3n) is 14.4. The van der Waals surface area contributed by atoms with Gasteiger partial charge in [-0.15, -0.1) is 0 Å². The third kappa shape index (κ3) is 3.78. The van der Waals surface area contributed by atoms with E-state index in [-0.39, 0.29) is 39.1 Å². The zero-order valence-electron chi connectivity index (χ0n) is 26.0. The van der Waals surface area contributed by atoms with Gasteiger partial charge in [0.15, 0.2) is 0 Å². The van der Waals surface area contributed by atoms with Gasteiger partial charge in [0.1, 0.15) is 0 Å². The van der Waals surface area contributed by atoms with E-state index in [2.05, 4.69) is 61.5 Å². The SMILES string of the molecule is CCCCCOC(=O)[C@]12CC[C@@H](C)[C@H](C)C1C1=CCC3[C@@]4(C)CC[C@H](O)C(C)(C)C4CC[C@@]3(C)[C@]1(C)CC2. The number of hydrogen-bond donors (Lipinski definition) is 1. The van der Waals surface area contributed by atoms with Crippen LogP contribution in [-0.4, -0.2) is 23.8 Å². The smallest absolute Gasteiger partial charge is 0.312 e. The van der Waals surface area contributed by atoms with Crippen molar-refractivity contribution in [3.8, 4) is 0 Å². The van der Waals surface area contributed by atoms with E-state index in [9.17, 15) is 9.90 Å². The average Bonchev–Trinajstić information content (AvgIpc) is 2.87. The highest BCUT2D eigenvalue weighted by molar-refractivity contribution is 5.79. The van der Waals surface area contributed by atoms with Gasteiger partial charge in [-0.1, -0.05) is 79.9 Å². The number of hydrogen-bond acceptors (Lipinski definition) is 3. The molecule has 5 aliphatic carbocycles. The Hall–Kier alpha value is -0.830. The van der Waals surface area contributed by atoms with E-state index < -0.39 is 0 Å². The summed E-state index contributed by atoms with van der Waals surface area (Å²) in [5, 5.41) is 11.0. The quantitative estimate of drug-likeness (QED) is 0.221. The molecule has 216 valence electrons. The van der Waals surface area contributed by atoms with Gasteiger partial charge in [-0.2, -0.15) is 0 Å². The number of esters is 1. The number of fused-ring (bicyclic) bond motifs is 7. The van der Waals surface area contributed by atoms with E-state index in [1.165, 1.54) is 12.8 Å². The van der Waals surface area contributed by atoms with Crippen LogP contribution in [0.3, 0.4) is 0 Å². The first-order valence-electron chi connectivity index (χ1n) is 16.4. The maximum atomic E-state index is 14.0. The topological polar surface area (TPSA) is 46.5 Å². The second kappa shape index (κ2) is 9.63. The number of ether oxygens (including phenoxy) is 1. The summed E-state index contributed by atoms with van der Waals surface area (Å²) in [5.41, 5.74) is 1.91. The van der Waals surface area contributed by atoms with Crippen LogP contribution in [0.5, 0.6) is 0 Å². The number of unbranched alkanes of at least 4 members (excludes halogenated alkanes) is 2. The largest absolute Gasteiger partial charge is 0.465 e. The first-order chi connectivity index (χ1) is 17.8. The second-order valence-corrected chi connectivity index (χ2v) is 16.0. The predicted octanol–water partition coefficient (Wildman–Crippen LogP) is 8.74. The molecule has 3 heteroatoms. The van der Waals surface area contributed by atoms with E-state index in [0.717, 1.165) is 64.2 Å². The van der Waals surface area contributed by atoms with Gasteiger partial charge in [-0.25, -0.2) is 0 Å². The summed E-state index contributed by atoms with van der Waals surface area (Å²) >= 11 is 0. The van der Waals surface area contributed by atoms with E-state index in [1.54, 1.807) is 5.57 Å². The van der Waals surface area contributed by atoms with Crippen LogP contribution < -0.4 is 0 Å². The first-order valence-corrected chi connectivity index (χ1v) is 16.4. The number of aliphatic hydroxyl groups excluding tert-OH is 1. The average molecular weight is 527 g/mol. The molecule has 0 radical (unpaired) electrons. The van der Waals surface area contributed by atoms with Crippen molar-refractivity contribution in [1.82, 2.24) is 0 Å². The normalized spacial score (nSPS) is 49.6. The summed E-state index contributed by atoms with van der Waals surface area (Å²) in [5.74, 6) is 2.80. The van der Waals surface area contributed by atoms with Crippen molar-refractivity contribution in [2.45, 2.75) is 139 Å². The van der Waals surface area contributed by atoms with Crippen molar-refractivity contribution in [2.24, 2.45) is 56.7 Å². The van der Waals surface area contributed by atoms with Crippen LogP contribution in [0.15, 0.2) is 11.6 Å². The van der Waals surface area contributed by atoms with Gasteiger partial charge in [0.05, 0.1) is 18.1 Å². The molecule has 5 rings (SSSR count). The van der Waals surface area contributed by atoms with Gasteiger partial charge in [0, 0.05) is 0 Å². The summed E-state index contributed by atoms with van der Waals surface area (Å²) in [6.07, 6.45) is 15.7. The number of allylic oxidation sites excluding steroid dienone is 2. The van der Waals surface area contributed by atoms with E-state index >= 15 is 0 Å². The fraction of sp³-hybridized carbons (Fsp3) is 0.914. The Kier molecular flexibility index (Phi) is 7.27. The minimum atomic E-state index is -0.329. The van der Waals surface area contributed by atoms with Crippen LogP contribution >= 0.6 is 0 Å². The molecule has 3 unspecified atom stereocenters. The molecule has 3 nitrogen and oxygen atoms in total. The van der Waals surface area contributed by atoms with E-state index in [0.29, 0.717) is 36.2 Å². The Labute approximate surface area is 233 Å². The molecule has 0 spiro atoms. The second-order valence-electron chi connectivity index (χ2n) is 16.0. The molecule has 0 aromatic rings. The van der Waals surface area contributed by atoms with Gasteiger partial charge >= 0.3 is 5.97 Å². The van der Waals surface area contributed by atoms with Crippen LogP contribution in [0, 0.1) is 56.7 Å². The maximum Gasteiger partial charge on any atom is 0.312 e. The van der Waals surface area contributed by atoms with Crippen LogP contribution in [0.2, 0.25) is 0 Å². The highest BCUT2D eigenvalue weighted by Crippen LogP contribution is 2.75. The molecule has 0 aromatic heterocycles. The monoisotopic (exact) mass is 526 g/mol. The van der Waals surface area contributed by atoms with Crippen LogP contribution in [0.25, 0.3) is 0 Å². The summed E-state index contributed by atoms with van der Waals surface area (Å²) in [6.45, 7) is 20.1. The number of carbonyl (C=O) groups is 1. The van der Waals surface area contributed by atoms with Crippen LogP contribution in [0.4, 0.5) is 0 Å². The van der Waals surface area contributed by atoms with Gasteiger partial charge in [0.25, 0.3) is 0 Å². The molecular formula is C35H58O3. The Morgan fingerprint density at radius 3 is 2.39 bits per heavy atom. The molecule has 0 aliphatic heterocycles. The van der Waals surface area contributed by atoms with E-state index in [1.807, 2.05) is 0 Å². The van der Waals surface area contributed by atoms with Gasteiger partial charge < -0.3 is 9.84 Å². The third-order valence-corrected chi connectivity index (χ3v) is 14.4. The van der Waals surface area contributed by atoms with Crippen molar-refractivity contribution in [2.75, 3.05) is 6.61 Å². The van der Waals surface area contributed by atoms with Crippen LogP contribution in [0.1, 0.15) is 132 Å². The number of carbonyl (C=O) groups excluding carboxylic acids is 1. The lowest BCUT2D eigenvalue weighted by Gasteiger charge is -2.71. The Morgan fingerprint density at radius 1 is 0.947 bits per heavy atom. The van der Waals surface area contributed by atoms with Crippen molar-refractivity contribution in [3.63, 3.8) is 0 Å². The Morgan fingerprint density at radius 2 is 1.68 bits per heavy atom. The lowest BCUT2D eigenvalue weighted by Crippen LogP contribution is -2.65. The molecule has 5 aliphatic rings. The van der Waals surface area contributed by atoms with Crippen molar-refractivity contribution in [3.05, 3.63) is 11.6 Å². The summed E-state index contributed by atoms with van der Waals surface area (Å²) < 4.78 is 6.10. The van der Waals surface area contributed by atoms with Gasteiger partial charge in [-0.3, -0.25) is 4.79 Å². The first kappa shape index (κ1) is 28.7. The molecule has 4 fully saturated rings. The predicted molar refractivity (Wildman–Crippen MR) is 155 cm³/mol. The molecule has 0 saturated heterocycles. The lowest BCUT2D eigenvalue weighted by molar-refractivity contribution is -0.207. The lowest BCUT2D eigenvalue weighted by atomic mass is 9.33. The summed E-state index contributed by atoms with van der Waals surface area (Å²) in [7, 11) is 0. The molecule has 10 atom stereocenters. The highest BCUT2D eigenvalue weighted by Gasteiger charge is 2.69. The van der Waals surface area contributed by atoms with Crippen molar-refractivity contribution < 1.29 is 14.6 Å². The fourth-order valence-electron chi connectivity index (χ4n) is 11.5. The minimum Gasteiger partial charge on any atom is -0.465 e. The zero-order chi connectivity index (χ0) is 27.7. The van der Waals surface area contributed by atoms with E-state index in [4.69, 9.17) is 4.74 Å². The molecule has 0 bridgehead atoms. The van der Waals surface area contributed by atoms with Gasteiger partial charge in [-0.05, 0) is 115 Å². The van der Waals surface area contributed by atoms with Crippen LogP contribution in [-0.2, 0) is 9.53 Å². The fourth-order valence-corrected chi connectivity index (χ4v) is 11.5. The minimum absolute atomic E-state index is 0.0181. The maximum absolute atomic E-state index is 14.0. The zero-order valence-corrected chi connectivity index (χ0v) is 26.0.